The van der Waals surface area contributed by atoms with Gasteiger partial charge in [0.05, 0.1) is 12.2 Å². The van der Waals surface area contributed by atoms with Crippen LogP contribution in [0, 0.1) is 5.82 Å². The van der Waals surface area contributed by atoms with Crippen LogP contribution >= 0.6 is 11.6 Å². The van der Waals surface area contributed by atoms with Gasteiger partial charge in [-0.15, -0.1) is 0 Å². The number of rotatable bonds is 2. The topological polar surface area (TPSA) is 48.0 Å². The molecule has 1 aromatic carbocycles. The SMILES string of the molecule is Nc1cccn(Cc2cc(F)ccc2Cl)c1=O. The van der Waals surface area contributed by atoms with E-state index in [4.69, 9.17) is 17.3 Å². The summed E-state index contributed by atoms with van der Waals surface area (Å²) in [6, 6.07) is 7.21. The zero-order valence-electron chi connectivity index (χ0n) is 8.86. The summed E-state index contributed by atoms with van der Waals surface area (Å²) in [5.74, 6) is -0.388. The predicted octanol–water partition coefficient (Wildman–Crippen LogP) is 2.27. The summed E-state index contributed by atoms with van der Waals surface area (Å²) >= 11 is 5.92. The second-order valence-corrected chi connectivity index (χ2v) is 4.04. The van der Waals surface area contributed by atoms with Crippen molar-refractivity contribution in [1.82, 2.24) is 4.57 Å². The molecule has 3 nitrogen and oxygen atoms in total. The molecule has 17 heavy (non-hydrogen) atoms. The number of aromatic nitrogens is 1. The molecule has 1 heterocycles. The van der Waals surface area contributed by atoms with Gasteiger partial charge in [-0.05, 0) is 35.9 Å². The standard InChI is InChI=1S/C12H10ClFN2O/c13-10-4-3-9(14)6-8(10)7-16-5-1-2-11(15)12(16)17/h1-6H,7,15H2. The minimum absolute atomic E-state index is 0.153. The molecule has 0 spiro atoms. The maximum atomic E-state index is 13.1. The van der Waals surface area contributed by atoms with Crippen molar-refractivity contribution in [2.24, 2.45) is 0 Å². The van der Waals surface area contributed by atoms with Gasteiger partial charge in [0.2, 0.25) is 0 Å². The monoisotopic (exact) mass is 252 g/mol. The molecule has 0 saturated heterocycles. The van der Waals surface area contributed by atoms with Crippen molar-refractivity contribution < 1.29 is 4.39 Å². The molecule has 0 aliphatic rings. The Morgan fingerprint density at radius 1 is 1.35 bits per heavy atom. The van der Waals surface area contributed by atoms with Crippen LogP contribution in [0.15, 0.2) is 41.3 Å². The molecule has 0 radical (unpaired) electrons. The third-order valence-corrected chi connectivity index (χ3v) is 2.77. The molecule has 0 amide bonds. The first-order valence-corrected chi connectivity index (χ1v) is 5.34. The Morgan fingerprint density at radius 3 is 2.88 bits per heavy atom. The lowest BCUT2D eigenvalue weighted by Crippen LogP contribution is -2.22. The molecule has 5 heteroatoms. The number of nitrogens with zero attached hydrogens (tertiary/aromatic N) is 1. The Hall–Kier alpha value is -1.81. The largest absolute Gasteiger partial charge is 0.394 e. The molecule has 0 atom stereocenters. The highest BCUT2D eigenvalue weighted by Gasteiger charge is 2.05. The van der Waals surface area contributed by atoms with E-state index in [0.717, 1.165) is 0 Å². The number of anilines is 1. The van der Waals surface area contributed by atoms with E-state index in [1.807, 2.05) is 0 Å². The Bertz CT molecular complexity index is 610. The fourth-order valence-electron chi connectivity index (χ4n) is 1.53. The summed E-state index contributed by atoms with van der Waals surface area (Å²) in [6.45, 7) is 0.195. The normalized spacial score (nSPS) is 10.5. The molecule has 1 aromatic heterocycles. The maximum absolute atomic E-state index is 13.1. The van der Waals surface area contributed by atoms with Crippen LogP contribution in [-0.2, 0) is 6.54 Å². The molecule has 0 saturated carbocycles. The number of pyridine rings is 1. The molecule has 0 unspecified atom stereocenters. The van der Waals surface area contributed by atoms with Crippen LogP contribution in [0.4, 0.5) is 10.1 Å². The summed E-state index contributed by atoms with van der Waals surface area (Å²) in [4.78, 5) is 11.7. The second-order valence-electron chi connectivity index (χ2n) is 3.63. The molecule has 2 rings (SSSR count). The quantitative estimate of drug-likeness (QED) is 0.891. The van der Waals surface area contributed by atoms with Crippen LogP contribution < -0.4 is 11.3 Å². The molecule has 0 fully saturated rings. The van der Waals surface area contributed by atoms with Crippen molar-refractivity contribution >= 4 is 17.3 Å². The van der Waals surface area contributed by atoms with Gasteiger partial charge >= 0.3 is 0 Å². The predicted molar refractivity (Wildman–Crippen MR) is 65.6 cm³/mol. The minimum atomic E-state index is -0.388. The van der Waals surface area contributed by atoms with E-state index in [1.165, 1.54) is 28.8 Å². The van der Waals surface area contributed by atoms with Gasteiger partial charge in [0.1, 0.15) is 5.82 Å². The smallest absolute Gasteiger partial charge is 0.273 e. The Labute approximate surface area is 102 Å². The maximum Gasteiger partial charge on any atom is 0.273 e. The van der Waals surface area contributed by atoms with E-state index in [1.54, 1.807) is 12.3 Å². The lowest BCUT2D eigenvalue weighted by atomic mass is 10.2. The Kier molecular flexibility index (Phi) is 3.15. The molecule has 2 N–H and O–H groups in total. The van der Waals surface area contributed by atoms with Crippen molar-refractivity contribution in [1.29, 1.82) is 0 Å². The van der Waals surface area contributed by atoms with Gasteiger partial charge in [0.25, 0.3) is 5.56 Å². The number of hydrogen-bond donors (Lipinski definition) is 1. The average Bonchev–Trinajstić information content (AvgIpc) is 2.30. The molecular formula is C12H10ClFN2O. The van der Waals surface area contributed by atoms with E-state index < -0.39 is 0 Å². The first kappa shape index (κ1) is 11.7. The third kappa shape index (κ3) is 2.47. The highest BCUT2D eigenvalue weighted by molar-refractivity contribution is 6.31. The van der Waals surface area contributed by atoms with Crippen molar-refractivity contribution in [2.75, 3.05) is 5.73 Å². The zero-order chi connectivity index (χ0) is 12.4. The van der Waals surface area contributed by atoms with Crippen LogP contribution in [0.2, 0.25) is 5.02 Å². The fourth-order valence-corrected chi connectivity index (χ4v) is 1.71. The van der Waals surface area contributed by atoms with Crippen molar-refractivity contribution in [3.8, 4) is 0 Å². The molecule has 0 aliphatic heterocycles. The zero-order valence-corrected chi connectivity index (χ0v) is 9.62. The van der Waals surface area contributed by atoms with Crippen molar-refractivity contribution in [3.63, 3.8) is 0 Å². The summed E-state index contributed by atoms with van der Waals surface area (Å²) in [6.07, 6.45) is 1.58. The van der Waals surface area contributed by atoms with Crippen LogP contribution in [0.25, 0.3) is 0 Å². The average molecular weight is 253 g/mol. The first-order valence-electron chi connectivity index (χ1n) is 4.97. The van der Waals surface area contributed by atoms with Crippen LogP contribution in [0.3, 0.4) is 0 Å². The minimum Gasteiger partial charge on any atom is -0.394 e. The first-order chi connectivity index (χ1) is 8.08. The number of nitrogens with two attached hydrogens (primary N) is 1. The van der Waals surface area contributed by atoms with E-state index in [-0.39, 0.29) is 23.6 Å². The van der Waals surface area contributed by atoms with Gasteiger partial charge in [-0.25, -0.2) is 4.39 Å². The van der Waals surface area contributed by atoms with E-state index in [0.29, 0.717) is 10.6 Å². The van der Waals surface area contributed by atoms with Gasteiger partial charge in [0.15, 0.2) is 0 Å². The summed E-state index contributed by atoms with van der Waals surface area (Å²) in [5, 5.41) is 0.417. The number of hydrogen-bond acceptors (Lipinski definition) is 2. The van der Waals surface area contributed by atoms with Gasteiger partial charge in [-0.1, -0.05) is 11.6 Å². The summed E-state index contributed by atoms with van der Waals surface area (Å²) in [5.41, 5.74) is 5.88. The van der Waals surface area contributed by atoms with Crippen LogP contribution in [0.1, 0.15) is 5.56 Å². The lowest BCUT2D eigenvalue weighted by molar-refractivity contribution is 0.623. The molecule has 88 valence electrons. The van der Waals surface area contributed by atoms with Gasteiger partial charge < -0.3 is 10.3 Å². The van der Waals surface area contributed by atoms with Crippen molar-refractivity contribution in [2.45, 2.75) is 6.54 Å². The van der Waals surface area contributed by atoms with E-state index >= 15 is 0 Å². The van der Waals surface area contributed by atoms with E-state index in [2.05, 4.69) is 0 Å². The lowest BCUT2D eigenvalue weighted by Gasteiger charge is -2.08. The molecule has 2 aromatic rings. The van der Waals surface area contributed by atoms with Gasteiger partial charge in [0, 0.05) is 11.2 Å². The Morgan fingerprint density at radius 2 is 2.12 bits per heavy atom. The fraction of sp³-hybridized carbons (Fsp3) is 0.0833. The Balaban J connectivity index is 2.41. The molecule has 0 bridgehead atoms. The van der Waals surface area contributed by atoms with Crippen LogP contribution in [0.5, 0.6) is 0 Å². The number of halogens is 2. The molecular weight excluding hydrogens is 243 g/mol. The highest BCUT2D eigenvalue weighted by Crippen LogP contribution is 2.17. The van der Waals surface area contributed by atoms with Gasteiger partial charge in [-0.3, -0.25) is 4.79 Å². The number of nitrogen functional groups attached to an aromatic ring is 1. The second kappa shape index (κ2) is 4.59. The highest BCUT2D eigenvalue weighted by atomic mass is 35.5. The van der Waals surface area contributed by atoms with Crippen LogP contribution in [-0.4, -0.2) is 4.57 Å². The van der Waals surface area contributed by atoms with Gasteiger partial charge in [-0.2, -0.15) is 0 Å². The van der Waals surface area contributed by atoms with E-state index in [9.17, 15) is 9.18 Å². The summed E-state index contributed by atoms with van der Waals surface area (Å²) in [7, 11) is 0. The number of benzene rings is 1. The third-order valence-electron chi connectivity index (χ3n) is 2.40. The molecule has 0 aliphatic carbocycles. The summed E-state index contributed by atoms with van der Waals surface area (Å²) < 4.78 is 14.4. The van der Waals surface area contributed by atoms with Crippen molar-refractivity contribution in [3.05, 3.63) is 63.3 Å².